The van der Waals surface area contributed by atoms with Crippen molar-refractivity contribution < 1.29 is 22.7 Å². The number of benzene rings is 2. The molecule has 2 N–H and O–H groups in total. The molecule has 26 heavy (non-hydrogen) atoms. The van der Waals surface area contributed by atoms with Gasteiger partial charge in [0, 0.05) is 22.1 Å². The van der Waals surface area contributed by atoms with E-state index in [-0.39, 0.29) is 22.9 Å². The molecule has 8 heteroatoms. The minimum Gasteiger partial charge on any atom is -0.482 e. The quantitative estimate of drug-likeness (QED) is 0.656. The summed E-state index contributed by atoms with van der Waals surface area (Å²) in [5.41, 5.74) is 1.76. The molecule has 136 valence electrons. The van der Waals surface area contributed by atoms with Gasteiger partial charge in [-0.05, 0) is 29.8 Å². The summed E-state index contributed by atoms with van der Waals surface area (Å²) in [4.78, 5) is 15.4. The van der Waals surface area contributed by atoms with Crippen LogP contribution < -0.4 is 10.1 Å². The number of amides is 1. The van der Waals surface area contributed by atoms with Crippen molar-refractivity contribution in [1.29, 1.82) is 0 Å². The Morgan fingerprint density at radius 3 is 2.73 bits per heavy atom. The van der Waals surface area contributed by atoms with Crippen LogP contribution in [0.15, 0.2) is 48.7 Å². The van der Waals surface area contributed by atoms with Gasteiger partial charge < -0.3 is 15.0 Å². The fraction of sp³-hybridized carbons (Fsp3) is 0.167. The average Bonchev–Trinajstić information content (AvgIpc) is 2.96. The number of carbonyl (C=O) groups excluding carboxylic acids is 1. The second-order valence-corrected chi connectivity index (χ2v) is 6.07. The van der Waals surface area contributed by atoms with Gasteiger partial charge in [-0.25, -0.2) is 0 Å². The summed E-state index contributed by atoms with van der Waals surface area (Å²) >= 11 is 5.88. The van der Waals surface area contributed by atoms with Gasteiger partial charge in [0.15, 0.2) is 6.61 Å². The number of anilines is 1. The van der Waals surface area contributed by atoms with E-state index < -0.39 is 18.7 Å². The standard InChI is InChI=1S/C18H14ClF3N2O2/c19-12-5-6-16(26-10-18(20,21)22)15(8-12)24-17(25)7-11-9-23-14-4-2-1-3-13(11)14/h1-6,8-9,23H,7,10H2,(H,24,25). The molecule has 0 radical (unpaired) electrons. The summed E-state index contributed by atoms with van der Waals surface area (Å²) in [5.74, 6) is -0.493. The van der Waals surface area contributed by atoms with E-state index in [4.69, 9.17) is 16.3 Å². The number of aromatic amines is 1. The zero-order chi connectivity index (χ0) is 18.7. The van der Waals surface area contributed by atoms with Gasteiger partial charge in [-0.1, -0.05) is 29.8 Å². The van der Waals surface area contributed by atoms with Gasteiger partial charge in [-0.2, -0.15) is 13.2 Å². The lowest BCUT2D eigenvalue weighted by Gasteiger charge is -2.14. The first-order valence-corrected chi connectivity index (χ1v) is 8.03. The lowest BCUT2D eigenvalue weighted by Crippen LogP contribution is -2.20. The molecule has 1 heterocycles. The van der Waals surface area contributed by atoms with Crippen molar-refractivity contribution in [3.05, 3.63) is 59.2 Å². The largest absolute Gasteiger partial charge is 0.482 e. The van der Waals surface area contributed by atoms with Crippen LogP contribution in [0.2, 0.25) is 5.02 Å². The van der Waals surface area contributed by atoms with Crippen LogP contribution in [0.3, 0.4) is 0 Å². The van der Waals surface area contributed by atoms with Crippen LogP contribution in [0.5, 0.6) is 5.75 Å². The smallest absolute Gasteiger partial charge is 0.422 e. The molecule has 0 saturated heterocycles. The van der Waals surface area contributed by atoms with E-state index in [0.29, 0.717) is 0 Å². The molecule has 1 aromatic heterocycles. The molecule has 0 atom stereocenters. The monoisotopic (exact) mass is 382 g/mol. The number of nitrogens with one attached hydrogen (secondary N) is 2. The van der Waals surface area contributed by atoms with E-state index >= 15 is 0 Å². The predicted molar refractivity (Wildman–Crippen MR) is 93.6 cm³/mol. The molecule has 0 fully saturated rings. The Morgan fingerprint density at radius 1 is 1.19 bits per heavy atom. The molecule has 0 aliphatic rings. The number of aromatic nitrogens is 1. The molecular formula is C18H14ClF3N2O2. The molecule has 2 aromatic carbocycles. The maximum Gasteiger partial charge on any atom is 0.422 e. The number of hydrogen-bond donors (Lipinski definition) is 2. The number of fused-ring (bicyclic) bond motifs is 1. The van der Waals surface area contributed by atoms with Crippen LogP contribution in [0, 0.1) is 0 Å². The number of ether oxygens (including phenoxy) is 1. The van der Waals surface area contributed by atoms with Gasteiger partial charge in [0.1, 0.15) is 5.75 Å². The minimum absolute atomic E-state index is 0.0508. The van der Waals surface area contributed by atoms with E-state index in [1.807, 2.05) is 24.3 Å². The normalized spacial score (nSPS) is 11.5. The van der Waals surface area contributed by atoms with Crippen LogP contribution >= 0.6 is 11.6 Å². The molecule has 3 aromatic rings. The van der Waals surface area contributed by atoms with Crippen molar-refractivity contribution in [3.63, 3.8) is 0 Å². The van der Waals surface area contributed by atoms with Crippen molar-refractivity contribution in [2.24, 2.45) is 0 Å². The van der Waals surface area contributed by atoms with E-state index in [9.17, 15) is 18.0 Å². The summed E-state index contributed by atoms with van der Waals surface area (Å²) in [6, 6.07) is 11.5. The summed E-state index contributed by atoms with van der Waals surface area (Å²) in [6.45, 7) is -1.46. The Labute approximate surface area is 151 Å². The molecule has 0 spiro atoms. The Balaban J connectivity index is 1.75. The highest BCUT2D eigenvalue weighted by molar-refractivity contribution is 6.31. The maximum absolute atomic E-state index is 12.4. The van der Waals surface area contributed by atoms with Gasteiger partial charge in [0.05, 0.1) is 12.1 Å². The van der Waals surface area contributed by atoms with E-state index in [1.165, 1.54) is 18.2 Å². The van der Waals surface area contributed by atoms with Crippen molar-refractivity contribution >= 4 is 34.1 Å². The molecule has 1 amide bonds. The van der Waals surface area contributed by atoms with Crippen LogP contribution in [0.4, 0.5) is 18.9 Å². The third kappa shape index (κ3) is 4.49. The summed E-state index contributed by atoms with van der Waals surface area (Å²) in [7, 11) is 0. The van der Waals surface area contributed by atoms with Gasteiger partial charge >= 0.3 is 6.18 Å². The SMILES string of the molecule is O=C(Cc1c[nH]c2ccccc12)Nc1cc(Cl)ccc1OCC(F)(F)F. The number of halogens is 4. The van der Waals surface area contributed by atoms with Crippen molar-refractivity contribution in [2.45, 2.75) is 12.6 Å². The lowest BCUT2D eigenvalue weighted by atomic mass is 10.1. The number of carbonyl (C=O) groups is 1. The highest BCUT2D eigenvalue weighted by Gasteiger charge is 2.29. The summed E-state index contributed by atoms with van der Waals surface area (Å²) < 4.78 is 41.9. The van der Waals surface area contributed by atoms with Crippen LogP contribution in [0.1, 0.15) is 5.56 Å². The molecule has 0 aliphatic carbocycles. The Hall–Kier alpha value is -2.67. The first-order valence-electron chi connectivity index (χ1n) is 7.66. The Morgan fingerprint density at radius 2 is 1.96 bits per heavy atom. The second kappa shape index (κ2) is 7.29. The number of H-pyrrole nitrogens is 1. The topological polar surface area (TPSA) is 54.1 Å². The maximum atomic E-state index is 12.4. The van der Waals surface area contributed by atoms with Crippen molar-refractivity contribution in [2.75, 3.05) is 11.9 Å². The van der Waals surface area contributed by atoms with Crippen LogP contribution in [0.25, 0.3) is 10.9 Å². The zero-order valence-electron chi connectivity index (χ0n) is 13.4. The third-order valence-electron chi connectivity index (χ3n) is 3.63. The number of para-hydroxylation sites is 1. The van der Waals surface area contributed by atoms with Crippen molar-refractivity contribution in [1.82, 2.24) is 4.98 Å². The molecule has 0 unspecified atom stereocenters. The lowest BCUT2D eigenvalue weighted by molar-refractivity contribution is -0.153. The Bertz CT molecular complexity index is 938. The Kier molecular flexibility index (Phi) is 5.08. The van der Waals surface area contributed by atoms with Crippen LogP contribution in [-0.4, -0.2) is 23.7 Å². The first kappa shape index (κ1) is 18.1. The predicted octanol–water partition coefficient (Wildman–Crippen LogP) is 4.94. The first-order chi connectivity index (χ1) is 12.3. The molecular weight excluding hydrogens is 369 g/mol. The van der Waals surface area contributed by atoms with Crippen LogP contribution in [-0.2, 0) is 11.2 Å². The second-order valence-electron chi connectivity index (χ2n) is 5.63. The molecule has 0 saturated carbocycles. The van der Waals surface area contributed by atoms with Crippen molar-refractivity contribution in [3.8, 4) is 5.75 Å². The zero-order valence-corrected chi connectivity index (χ0v) is 14.1. The summed E-state index contributed by atoms with van der Waals surface area (Å²) in [5, 5.41) is 3.74. The van der Waals surface area contributed by atoms with Gasteiger partial charge in [-0.3, -0.25) is 4.79 Å². The van der Waals surface area contributed by atoms with Gasteiger partial charge in [0.25, 0.3) is 0 Å². The number of hydrogen-bond acceptors (Lipinski definition) is 2. The average molecular weight is 383 g/mol. The molecule has 3 rings (SSSR count). The van der Waals surface area contributed by atoms with E-state index in [0.717, 1.165) is 16.5 Å². The van der Waals surface area contributed by atoms with Gasteiger partial charge in [-0.15, -0.1) is 0 Å². The minimum atomic E-state index is -4.48. The van der Waals surface area contributed by atoms with E-state index in [2.05, 4.69) is 10.3 Å². The fourth-order valence-electron chi connectivity index (χ4n) is 2.53. The fourth-order valence-corrected chi connectivity index (χ4v) is 2.70. The molecule has 4 nitrogen and oxygen atoms in total. The summed E-state index contributed by atoms with van der Waals surface area (Å²) in [6.07, 6.45) is -2.70. The third-order valence-corrected chi connectivity index (χ3v) is 3.87. The highest BCUT2D eigenvalue weighted by atomic mass is 35.5. The number of rotatable bonds is 5. The molecule has 0 aliphatic heterocycles. The van der Waals surface area contributed by atoms with Gasteiger partial charge in [0.2, 0.25) is 5.91 Å². The molecule has 0 bridgehead atoms. The highest BCUT2D eigenvalue weighted by Crippen LogP contribution is 2.30. The van der Waals surface area contributed by atoms with E-state index in [1.54, 1.807) is 6.20 Å². The number of alkyl halides is 3.